The number of halogens is 1. The average Bonchev–Trinajstić information content (AvgIpc) is 2.71. The third-order valence-electron chi connectivity index (χ3n) is 4.93. The van der Waals surface area contributed by atoms with E-state index in [4.69, 9.17) is 4.74 Å². The van der Waals surface area contributed by atoms with Gasteiger partial charge < -0.3 is 10.1 Å². The summed E-state index contributed by atoms with van der Waals surface area (Å²) in [5.41, 5.74) is 0.943. The van der Waals surface area contributed by atoms with Gasteiger partial charge in [0.15, 0.2) is 0 Å². The van der Waals surface area contributed by atoms with Crippen molar-refractivity contribution in [3.63, 3.8) is 0 Å². The number of hydrogen-bond acceptors (Lipinski definition) is 3. The van der Waals surface area contributed by atoms with Gasteiger partial charge in [0.25, 0.3) is 5.91 Å². The molecule has 0 atom stereocenters. The lowest BCUT2D eigenvalue weighted by atomic mass is 9.84. The van der Waals surface area contributed by atoms with Crippen LogP contribution in [0.15, 0.2) is 35.4 Å². The van der Waals surface area contributed by atoms with Gasteiger partial charge in [-0.3, -0.25) is 4.79 Å². The maximum atomic E-state index is 13.0. The number of esters is 1. The van der Waals surface area contributed by atoms with Gasteiger partial charge in [-0.25, -0.2) is 9.18 Å². The van der Waals surface area contributed by atoms with Crippen LogP contribution in [-0.2, 0) is 20.9 Å². The summed E-state index contributed by atoms with van der Waals surface area (Å²) in [5, 5.41) is 2.85. The molecule has 1 amide bonds. The first-order valence-electron chi connectivity index (χ1n) is 8.49. The minimum Gasteiger partial charge on any atom is -0.451 e. The monoisotopic (exact) mass is 331 g/mol. The van der Waals surface area contributed by atoms with E-state index in [2.05, 4.69) is 5.32 Å². The van der Waals surface area contributed by atoms with Crippen LogP contribution in [-0.4, -0.2) is 17.5 Å². The zero-order valence-electron chi connectivity index (χ0n) is 13.9. The predicted molar refractivity (Wildman–Crippen MR) is 87.5 cm³/mol. The maximum Gasteiger partial charge on any atom is 0.335 e. The Morgan fingerprint density at radius 3 is 2.42 bits per heavy atom. The van der Waals surface area contributed by atoms with Crippen molar-refractivity contribution < 1.29 is 18.7 Å². The molecule has 0 saturated heterocycles. The summed E-state index contributed by atoms with van der Waals surface area (Å²) in [5.74, 6) is -0.954. The molecule has 2 aliphatic rings. The highest BCUT2D eigenvalue weighted by Crippen LogP contribution is 2.42. The summed E-state index contributed by atoms with van der Waals surface area (Å²) in [6.07, 6.45) is 5.51. The van der Waals surface area contributed by atoms with Gasteiger partial charge in [-0.15, -0.1) is 0 Å². The third kappa shape index (κ3) is 3.21. The predicted octanol–water partition coefficient (Wildman–Crippen LogP) is 3.41. The second-order valence-electron chi connectivity index (χ2n) is 6.61. The molecule has 0 aromatic heterocycles. The van der Waals surface area contributed by atoms with E-state index in [9.17, 15) is 14.0 Å². The Balaban J connectivity index is 1.77. The van der Waals surface area contributed by atoms with E-state index in [1.165, 1.54) is 12.1 Å². The number of carbonyl (C=O) groups excluding carboxylic acids is 2. The van der Waals surface area contributed by atoms with Crippen LogP contribution in [0.5, 0.6) is 0 Å². The molecule has 1 saturated carbocycles. The highest BCUT2D eigenvalue weighted by atomic mass is 19.1. The van der Waals surface area contributed by atoms with Crippen LogP contribution >= 0.6 is 0 Å². The minimum atomic E-state index is -0.759. The molecule has 24 heavy (non-hydrogen) atoms. The lowest BCUT2D eigenvalue weighted by Gasteiger charge is -2.29. The van der Waals surface area contributed by atoms with E-state index < -0.39 is 5.60 Å². The molecule has 1 fully saturated rings. The van der Waals surface area contributed by atoms with Gasteiger partial charge in [0.2, 0.25) is 0 Å². The van der Waals surface area contributed by atoms with E-state index in [0.29, 0.717) is 30.5 Å². The van der Waals surface area contributed by atoms with Crippen molar-refractivity contribution in [3.05, 3.63) is 46.8 Å². The quantitative estimate of drug-likeness (QED) is 0.864. The number of hydrogen-bond donors (Lipinski definition) is 1. The molecule has 1 heterocycles. The van der Waals surface area contributed by atoms with Crippen molar-refractivity contribution in [2.45, 2.75) is 57.6 Å². The van der Waals surface area contributed by atoms with Crippen LogP contribution in [0, 0.1) is 5.82 Å². The van der Waals surface area contributed by atoms with Crippen molar-refractivity contribution in [3.8, 4) is 0 Å². The van der Waals surface area contributed by atoms with Gasteiger partial charge in [-0.2, -0.15) is 0 Å². The summed E-state index contributed by atoms with van der Waals surface area (Å²) >= 11 is 0. The Labute approximate surface area is 141 Å². The molecular formula is C19H22FNO3. The number of amides is 1. The molecule has 128 valence electrons. The molecule has 4 nitrogen and oxygen atoms in total. The van der Waals surface area contributed by atoms with Crippen LogP contribution in [0.3, 0.4) is 0 Å². The Kier molecular flexibility index (Phi) is 4.69. The highest BCUT2D eigenvalue weighted by Gasteiger charge is 2.48. The molecule has 0 unspecified atom stereocenters. The zero-order valence-corrected chi connectivity index (χ0v) is 13.9. The third-order valence-corrected chi connectivity index (χ3v) is 4.93. The van der Waals surface area contributed by atoms with E-state index >= 15 is 0 Å². The summed E-state index contributed by atoms with van der Waals surface area (Å²) in [6, 6.07) is 5.99. The first kappa shape index (κ1) is 16.7. The Bertz CT molecular complexity index is 670. The first-order valence-corrected chi connectivity index (χ1v) is 8.49. The van der Waals surface area contributed by atoms with E-state index in [-0.39, 0.29) is 17.7 Å². The lowest BCUT2D eigenvalue weighted by molar-refractivity contribution is -0.148. The van der Waals surface area contributed by atoms with Gasteiger partial charge in [0.1, 0.15) is 11.4 Å². The largest absolute Gasteiger partial charge is 0.451 e. The smallest absolute Gasteiger partial charge is 0.335 e. The lowest BCUT2D eigenvalue weighted by Crippen LogP contribution is -2.39. The zero-order chi connectivity index (χ0) is 17.2. The Morgan fingerprint density at radius 2 is 1.79 bits per heavy atom. The van der Waals surface area contributed by atoms with Crippen molar-refractivity contribution >= 4 is 11.9 Å². The Hall–Kier alpha value is -2.17. The van der Waals surface area contributed by atoms with Crippen LogP contribution < -0.4 is 5.32 Å². The Morgan fingerprint density at radius 1 is 1.17 bits per heavy atom. The van der Waals surface area contributed by atoms with Gasteiger partial charge in [-0.05, 0) is 50.3 Å². The molecule has 3 rings (SSSR count). The number of rotatable bonds is 3. The molecule has 1 aromatic rings. The average molecular weight is 331 g/mol. The maximum absolute atomic E-state index is 13.0. The standard InChI is InChI=1S/C19H22FNO3/c1-13-16(17(22)21-12-14-6-8-15(20)9-7-14)19(24-18(13)23)10-4-2-3-5-11-19/h6-9H,2-5,10-12H2,1H3,(H,21,22). The van der Waals surface area contributed by atoms with E-state index in [0.717, 1.165) is 31.2 Å². The van der Waals surface area contributed by atoms with Crippen molar-refractivity contribution in [2.24, 2.45) is 0 Å². The van der Waals surface area contributed by atoms with Crippen LogP contribution in [0.25, 0.3) is 0 Å². The minimum absolute atomic E-state index is 0.260. The number of benzene rings is 1. The molecular weight excluding hydrogens is 309 g/mol. The second-order valence-corrected chi connectivity index (χ2v) is 6.61. The summed E-state index contributed by atoms with van der Waals surface area (Å²) in [6.45, 7) is 1.95. The molecule has 1 aliphatic heterocycles. The molecule has 0 bridgehead atoms. The van der Waals surface area contributed by atoms with Crippen molar-refractivity contribution in [1.82, 2.24) is 5.32 Å². The fraction of sp³-hybridized carbons (Fsp3) is 0.474. The van der Waals surface area contributed by atoms with Crippen molar-refractivity contribution in [2.75, 3.05) is 0 Å². The summed E-state index contributed by atoms with van der Waals surface area (Å²) in [4.78, 5) is 24.8. The highest BCUT2D eigenvalue weighted by molar-refractivity contribution is 6.07. The van der Waals surface area contributed by atoms with Crippen LogP contribution in [0.4, 0.5) is 4.39 Å². The molecule has 1 spiro atoms. The normalized spacial score (nSPS) is 20.0. The first-order chi connectivity index (χ1) is 11.5. The SMILES string of the molecule is CC1=C(C(=O)NCc2ccc(F)cc2)C2(CCCCCC2)OC1=O. The molecule has 5 heteroatoms. The van der Waals surface area contributed by atoms with Gasteiger partial charge in [0, 0.05) is 12.1 Å². The molecule has 0 radical (unpaired) electrons. The fourth-order valence-electron chi connectivity index (χ4n) is 3.65. The van der Waals surface area contributed by atoms with Gasteiger partial charge in [0.05, 0.1) is 5.57 Å². The summed E-state index contributed by atoms with van der Waals surface area (Å²) < 4.78 is 18.6. The molecule has 1 aliphatic carbocycles. The van der Waals surface area contributed by atoms with E-state index in [1.807, 2.05) is 0 Å². The van der Waals surface area contributed by atoms with Crippen LogP contribution in [0.2, 0.25) is 0 Å². The molecule has 1 aromatic carbocycles. The summed E-state index contributed by atoms with van der Waals surface area (Å²) in [7, 11) is 0. The van der Waals surface area contributed by atoms with Gasteiger partial charge in [-0.1, -0.05) is 25.0 Å². The van der Waals surface area contributed by atoms with E-state index in [1.54, 1.807) is 19.1 Å². The molecule has 1 N–H and O–H groups in total. The van der Waals surface area contributed by atoms with Crippen LogP contribution in [0.1, 0.15) is 51.0 Å². The van der Waals surface area contributed by atoms with Gasteiger partial charge >= 0.3 is 5.97 Å². The fourth-order valence-corrected chi connectivity index (χ4v) is 3.65. The number of nitrogens with one attached hydrogen (secondary N) is 1. The number of ether oxygens (including phenoxy) is 1. The second kappa shape index (κ2) is 6.75. The topological polar surface area (TPSA) is 55.4 Å². The number of carbonyl (C=O) groups is 2. The van der Waals surface area contributed by atoms with Crippen molar-refractivity contribution in [1.29, 1.82) is 0 Å².